The first-order chi connectivity index (χ1) is 10.1. The topological polar surface area (TPSA) is 50.6 Å². The SMILES string of the molecule is CN=C(NCCC1CCCO1)NCc1cc(Cl)c(Cl)n1C. The van der Waals surface area contributed by atoms with Gasteiger partial charge in [0.25, 0.3) is 0 Å². The second-order valence-corrected chi connectivity index (χ2v) is 5.87. The quantitative estimate of drug-likeness (QED) is 0.643. The Bertz CT molecular complexity index is 495. The molecule has 2 heterocycles. The van der Waals surface area contributed by atoms with Crippen molar-refractivity contribution in [3.05, 3.63) is 21.9 Å². The molecule has 0 bridgehead atoms. The minimum absolute atomic E-state index is 0.390. The lowest BCUT2D eigenvalue weighted by Crippen LogP contribution is -2.38. The highest BCUT2D eigenvalue weighted by molar-refractivity contribution is 6.41. The molecule has 2 rings (SSSR count). The molecule has 5 nitrogen and oxygen atoms in total. The summed E-state index contributed by atoms with van der Waals surface area (Å²) >= 11 is 12.0. The maximum atomic E-state index is 6.05. The lowest BCUT2D eigenvalue weighted by Gasteiger charge is -2.14. The fourth-order valence-corrected chi connectivity index (χ4v) is 2.79. The molecular weight excluding hydrogens is 311 g/mol. The molecule has 0 aromatic carbocycles. The van der Waals surface area contributed by atoms with Gasteiger partial charge in [0.2, 0.25) is 0 Å². The highest BCUT2D eigenvalue weighted by atomic mass is 35.5. The van der Waals surface area contributed by atoms with E-state index in [-0.39, 0.29) is 0 Å². The number of hydrogen-bond acceptors (Lipinski definition) is 2. The molecule has 1 atom stereocenters. The van der Waals surface area contributed by atoms with Crippen LogP contribution in [0.15, 0.2) is 11.1 Å². The summed E-state index contributed by atoms with van der Waals surface area (Å²) in [5.74, 6) is 0.765. The van der Waals surface area contributed by atoms with Gasteiger partial charge in [-0.1, -0.05) is 23.2 Å². The number of rotatable bonds is 5. The summed E-state index contributed by atoms with van der Waals surface area (Å²) in [4.78, 5) is 4.20. The first kappa shape index (κ1) is 16.5. The van der Waals surface area contributed by atoms with Crippen molar-refractivity contribution in [2.75, 3.05) is 20.2 Å². The van der Waals surface area contributed by atoms with E-state index in [1.54, 1.807) is 7.05 Å². The molecule has 0 radical (unpaired) electrons. The zero-order valence-electron chi connectivity index (χ0n) is 12.5. The van der Waals surface area contributed by atoms with Gasteiger partial charge in [-0.25, -0.2) is 0 Å². The number of hydrogen-bond donors (Lipinski definition) is 2. The molecule has 118 valence electrons. The van der Waals surface area contributed by atoms with E-state index in [4.69, 9.17) is 27.9 Å². The first-order valence-electron chi connectivity index (χ1n) is 7.17. The average molecular weight is 333 g/mol. The average Bonchev–Trinajstić information content (AvgIpc) is 3.07. The molecule has 1 fully saturated rings. The van der Waals surface area contributed by atoms with Crippen molar-refractivity contribution in [1.29, 1.82) is 0 Å². The predicted octanol–water partition coefficient (Wildman–Crippen LogP) is 2.57. The summed E-state index contributed by atoms with van der Waals surface area (Å²) in [6.07, 6.45) is 3.73. The standard InChI is InChI=1S/C14H22Cl2N4O/c1-17-14(18-6-5-11-4-3-7-21-11)19-9-10-8-12(15)13(16)20(10)2/h8,11H,3-7,9H2,1-2H3,(H2,17,18,19). The van der Waals surface area contributed by atoms with Gasteiger partial charge >= 0.3 is 0 Å². The molecule has 7 heteroatoms. The van der Waals surface area contributed by atoms with Gasteiger partial charge in [-0.05, 0) is 25.3 Å². The van der Waals surface area contributed by atoms with Crippen LogP contribution in [-0.2, 0) is 18.3 Å². The molecule has 0 aliphatic carbocycles. The maximum Gasteiger partial charge on any atom is 0.191 e. The van der Waals surface area contributed by atoms with E-state index in [1.807, 2.05) is 17.7 Å². The van der Waals surface area contributed by atoms with Gasteiger partial charge < -0.3 is 19.9 Å². The third-order valence-electron chi connectivity index (χ3n) is 3.66. The van der Waals surface area contributed by atoms with Gasteiger partial charge in [0, 0.05) is 32.9 Å². The van der Waals surface area contributed by atoms with Crippen LogP contribution >= 0.6 is 23.2 Å². The van der Waals surface area contributed by atoms with Crippen LogP contribution in [0.1, 0.15) is 25.0 Å². The van der Waals surface area contributed by atoms with Crippen LogP contribution in [0, 0.1) is 0 Å². The number of nitrogens with zero attached hydrogens (tertiary/aromatic N) is 2. The molecule has 0 spiro atoms. The van der Waals surface area contributed by atoms with Gasteiger partial charge in [0.15, 0.2) is 5.96 Å². The lowest BCUT2D eigenvalue weighted by atomic mass is 10.2. The fraction of sp³-hybridized carbons (Fsp3) is 0.643. The number of ether oxygens (including phenoxy) is 1. The summed E-state index contributed by atoms with van der Waals surface area (Å²) in [6, 6.07) is 1.86. The second kappa shape index (κ2) is 7.92. The van der Waals surface area contributed by atoms with Crippen molar-refractivity contribution >= 4 is 29.2 Å². The molecule has 1 unspecified atom stereocenters. The summed E-state index contributed by atoms with van der Waals surface area (Å²) in [5, 5.41) is 7.66. The monoisotopic (exact) mass is 332 g/mol. The van der Waals surface area contributed by atoms with Gasteiger partial charge in [-0.2, -0.15) is 0 Å². The van der Waals surface area contributed by atoms with Gasteiger partial charge in [0.1, 0.15) is 5.15 Å². The highest BCUT2D eigenvalue weighted by Crippen LogP contribution is 2.24. The molecule has 1 aliphatic rings. The van der Waals surface area contributed by atoms with Crippen LogP contribution in [0.25, 0.3) is 0 Å². The Kier molecular flexibility index (Phi) is 6.21. The van der Waals surface area contributed by atoms with E-state index in [0.29, 0.717) is 22.8 Å². The van der Waals surface area contributed by atoms with Crippen LogP contribution in [-0.4, -0.2) is 36.8 Å². The Balaban J connectivity index is 1.75. The van der Waals surface area contributed by atoms with Gasteiger partial charge in [-0.3, -0.25) is 4.99 Å². The molecule has 1 saturated heterocycles. The Morgan fingerprint density at radius 2 is 2.29 bits per heavy atom. The van der Waals surface area contributed by atoms with Crippen molar-refractivity contribution in [2.24, 2.45) is 12.0 Å². The predicted molar refractivity (Wildman–Crippen MR) is 87.2 cm³/mol. The smallest absolute Gasteiger partial charge is 0.191 e. The van der Waals surface area contributed by atoms with Crippen LogP contribution < -0.4 is 10.6 Å². The Morgan fingerprint density at radius 3 is 2.86 bits per heavy atom. The largest absolute Gasteiger partial charge is 0.378 e. The van der Waals surface area contributed by atoms with E-state index < -0.39 is 0 Å². The summed E-state index contributed by atoms with van der Waals surface area (Å²) in [7, 11) is 3.64. The molecule has 0 amide bonds. The first-order valence-corrected chi connectivity index (χ1v) is 7.93. The van der Waals surface area contributed by atoms with Crippen LogP contribution in [0.4, 0.5) is 0 Å². The van der Waals surface area contributed by atoms with Crippen molar-refractivity contribution in [3.8, 4) is 0 Å². The fourth-order valence-electron chi connectivity index (χ4n) is 2.38. The van der Waals surface area contributed by atoms with Gasteiger partial charge in [-0.15, -0.1) is 0 Å². The van der Waals surface area contributed by atoms with E-state index >= 15 is 0 Å². The van der Waals surface area contributed by atoms with E-state index in [9.17, 15) is 0 Å². The van der Waals surface area contributed by atoms with Crippen LogP contribution in [0.3, 0.4) is 0 Å². The summed E-state index contributed by atoms with van der Waals surface area (Å²) in [5.41, 5.74) is 1.01. The number of aliphatic imine (C=N–C) groups is 1. The Morgan fingerprint density at radius 1 is 1.48 bits per heavy atom. The van der Waals surface area contributed by atoms with Crippen molar-refractivity contribution in [1.82, 2.24) is 15.2 Å². The normalized spacial score (nSPS) is 19.0. The Hall–Kier alpha value is -0.910. The minimum atomic E-state index is 0.390. The molecule has 1 aromatic heterocycles. The molecule has 21 heavy (non-hydrogen) atoms. The zero-order chi connectivity index (χ0) is 15.2. The number of aromatic nitrogens is 1. The summed E-state index contributed by atoms with van der Waals surface area (Å²) in [6.45, 7) is 2.36. The Labute approximate surface area is 135 Å². The molecule has 1 aliphatic heterocycles. The second-order valence-electron chi connectivity index (χ2n) is 5.11. The number of nitrogens with one attached hydrogen (secondary N) is 2. The molecule has 0 saturated carbocycles. The minimum Gasteiger partial charge on any atom is -0.378 e. The van der Waals surface area contributed by atoms with E-state index in [2.05, 4.69) is 15.6 Å². The molecular formula is C14H22Cl2N4O. The maximum absolute atomic E-state index is 6.05. The third-order valence-corrected chi connectivity index (χ3v) is 4.50. The molecule has 2 N–H and O–H groups in total. The van der Waals surface area contributed by atoms with Crippen molar-refractivity contribution < 1.29 is 4.74 Å². The van der Waals surface area contributed by atoms with Crippen molar-refractivity contribution in [2.45, 2.75) is 31.9 Å². The summed E-state index contributed by atoms with van der Waals surface area (Å²) < 4.78 is 7.45. The number of guanidine groups is 1. The van der Waals surface area contributed by atoms with Crippen LogP contribution in [0.2, 0.25) is 10.2 Å². The highest BCUT2D eigenvalue weighted by Gasteiger charge is 2.15. The zero-order valence-corrected chi connectivity index (χ0v) is 14.0. The van der Waals surface area contributed by atoms with E-state index in [1.165, 1.54) is 6.42 Å². The van der Waals surface area contributed by atoms with Gasteiger partial charge in [0.05, 0.1) is 17.7 Å². The lowest BCUT2D eigenvalue weighted by molar-refractivity contribution is 0.105. The number of halogens is 2. The van der Waals surface area contributed by atoms with E-state index in [0.717, 1.165) is 37.6 Å². The van der Waals surface area contributed by atoms with Crippen LogP contribution in [0.5, 0.6) is 0 Å². The molecule has 1 aromatic rings. The third kappa shape index (κ3) is 4.53. The van der Waals surface area contributed by atoms with Crippen molar-refractivity contribution in [3.63, 3.8) is 0 Å².